The molecule has 0 heterocycles. The lowest BCUT2D eigenvalue weighted by Crippen LogP contribution is -2.04. The molecule has 0 fully saturated rings. The molecular weight excluding hydrogens is 312 g/mol. The Bertz CT molecular complexity index is 745. The third-order valence-electron chi connectivity index (χ3n) is 3.36. The van der Waals surface area contributed by atoms with Crippen molar-refractivity contribution >= 4 is 12.1 Å². The first-order valence-corrected chi connectivity index (χ1v) is 6.93. The highest BCUT2D eigenvalue weighted by Gasteiger charge is 2.16. The molecule has 0 aliphatic carbocycles. The van der Waals surface area contributed by atoms with Crippen molar-refractivity contribution in [2.75, 3.05) is 21.3 Å². The van der Waals surface area contributed by atoms with Crippen LogP contribution in [-0.4, -0.2) is 33.5 Å². The van der Waals surface area contributed by atoms with Crippen molar-refractivity contribution in [2.45, 2.75) is 6.92 Å². The van der Waals surface area contributed by atoms with Crippen LogP contribution in [0.4, 0.5) is 0 Å². The van der Waals surface area contributed by atoms with Gasteiger partial charge in [-0.1, -0.05) is 6.07 Å². The van der Waals surface area contributed by atoms with Gasteiger partial charge in [0.25, 0.3) is 0 Å². The van der Waals surface area contributed by atoms with Crippen LogP contribution in [0.5, 0.6) is 11.5 Å². The molecule has 0 aromatic heterocycles. The topological polar surface area (TPSA) is 78.9 Å². The molecule has 0 spiro atoms. The fourth-order valence-corrected chi connectivity index (χ4v) is 2.23. The second kappa shape index (κ2) is 9.12. The van der Waals surface area contributed by atoms with E-state index in [1.807, 2.05) is 37.3 Å². The molecule has 0 saturated carbocycles. The van der Waals surface area contributed by atoms with Gasteiger partial charge in [-0.2, -0.15) is 9.59 Å². The number of carbonyl (C=O) groups excluding carboxylic acids is 3. The van der Waals surface area contributed by atoms with Gasteiger partial charge in [0, 0.05) is 0 Å². The number of methoxy groups -OCH3 is 3. The van der Waals surface area contributed by atoms with Crippen molar-refractivity contribution in [2.24, 2.45) is 0 Å². The molecule has 0 radical (unpaired) electrons. The summed E-state index contributed by atoms with van der Waals surface area (Å²) in [6.45, 7) is 1.98. The second-order valence-electron chi connectivity index (χ2n) is 4.67. The number of esters is 1. The first-order chi connectivity index (χ1) is 11.5. The average molecular weight is 330 g/mol. The highest BCUT2D eigenvalue weighted by atomic mass is 16.5. The highest BCUT2D eigenvalue weighted by Crippen LogP contribution is 2.32. The van der Waals surface area contributed by atoms with E-state index in [9.17, 15) is 4.79 Å². The van der Waals surface area contributed by atoms with E-state index in [1.54, 1.807) is 20.3 Å². The largest absolute Gasteiger partial charge is 0.497 e. The van der Waals surface area contributed by atoms with E-state index in [0.29, 0.717) is 11.3 Å². The Hall–Kier alpha value is -3.11. The van der Waals surface area contributed by atoms with Crippen LogP contribution in [0.15, 0.2) is 36.4 Å². The molecule has 0 unspecified atom stereocenters. The number of rotatable bonds is 4. The van der Waals surface area contributed by atoms with Crippen molar-refractivity contribution < 1.29 is 28.6 Å². The summed E-state index contributed by atoms with van der Waals surface area (Å²) in [5, 5.41) is 0. The number of carbonyl (C=O) groups is 1. The minimum absolute atomic E-state index is 0.250. The zero-order chi connectivity index (χ0) is 18.1. The van der Waals surface area contributed by atoms with E-state index in [2.05, 4.69) is 0 Å². The van der Waals surface area contributed by atoms with Crippen molar-refractivity contribution in [1.82, 2.24) is 0 Å². The van der Waals surface area contributed by atoms with E-state index >= 15 is 0 Å². The number of aryl methyl sites for hydroxylation is 1. The maximum Gasteiger partial charge on any atom is 0.373 e. The van der Waals surface area contributed by atoms with Gasteiger partial charge in [-0.3, -0.25) is 0 Å². The van der Waals surface area contributed by atoms with E-state index in [4.69, 9.17) is 23.8 Å². The molecule has 2 rings (SSSR count). The van der Waals surface area contributed by atoms with Crippen LogP contribution in [0.25, 0.3) is 11.1 Å². The molecule has 6 heteroatoms. The Morgan fingerprint density at radius 1 is 0.875 bits per heavy atom. The molecular formula is C18H18O6. The van der Waals surface area contributed by atoms with Crippen LogP contribution in [0.3, 0.4) is 0 Å². The van der Waals surface area contributed by atoms with Crippen LogP contribution < -0.4 is 9.47 Å². The molecule has 126 valence electrons. The minimum Gasteiger partial charge on any atom is -0.497 e. The Morgan fingerprint density at radius 2 is 1.38 bits per heavy atom. The Labute approximate surface area is 140 Å². The van der Waals surface area contributed by atoms with Crippen molar-refractivity contribution in [3.63, 3.8) is 0 Å². The van der Waals surface area contributed by atoms with Crippen LogP contribution in [0.2, 0.25) is 0 Å². The summed E-state index contributed by atoms with van der Waals surface area (Å²) in [4.78, 5) is 28.3. The molecule has 6 nitrogen and oxygen atoms in total. The van der Waals surface area contributed by atoms with Gasteiger partial charge in [-0.05, 0) is 53.9 Å². The summed E-state index contributed by atoms with van der Waals surface area (Å²) < 4.78 is 15.3. The van der Waals surface area contributed by atoms with Crippen molar-refractivity contribution in [3.8, 4) is 22.6 Å². The van der Waals surface area contributed by atoms with Crippen molar-refractivity contribution in [1.29, 1.82) is 0 Å². The maximum absolute atomic E-state index is 12.0. The van der Waals surface area contributed by atoms with Gasteiger partial charge in [0.2, 0.25) is 0 Å². The molecule has 0 amide bonds. The lowest BCUT2D eigenvalue weighted by Gasteiger charge is -2.13. The van der Waals surface area contributed by atoms with Crippen LogP contribution in [0, 0.1) is 6.92 Å². The molecule has 0 aliphatic rings. The van der Waals surface area contributed by atoms with Gasteiger partial charge < -0.3 is 14.2 Å². The molecule has 24 heavy (non-hydrogen) atoms. The fraction of sp³-hybridized carbons (Fsp3) is 0.222. The van der Waals surface area contributed by atoms with E-state index in [0.717, 1.165) is 22.4 Å². The molecule has 0 atom stereocenters. The van der Waals surface area contributed by atoms with Crippen LogP contribution in [0.1, 0.15) is 15.9 Å². The predicted molar refractivity (Wildman–Crippen MR) is 86.1 cm³/mol. The van der Waals surface area contributed by atoms with E-state index in [1.165, 1.54) is 7.11 Å². The predicted octanol–water partition coefficient (Wildman–Crippen LogP) is 2.88. The van der Waals surface area contributed by atoms with E-state index < -0.39 is 0 Å². The number of benzene rings is 2. The summed E-state index contributed by atoms with van der Waals surface area (Å²) >= 11 is 0. The Morgan fingerprint density at radius 3 is 1.83 bits per heavy atom. The smallest absolute Gasteiger partial charge is 0.373 e. The third-order valence-corrected chi connectivity index (χ3v) is 3.36. The van der Waals surface area contributed by atoms with Gasteiger partial charge in [-0.25, -0.2) is 4.79 Å². The lowest BCUT2D eigenvalue weighted by atomic mass is 9.95. The van der Waals surface area contributed by atoms with E-state index in [-0.39, 0.29) is 12.1 Å². The van der Waals surface area contributed by atoms with Gasteiger partial charge in [0.05, 0.1) is 26.9 Å². The summed E-state index contributed by atoms with van der Waals surface area (Å²) in [6.07, 6.45) is 0.250. The lowest BCUT2D eigenvalue weighted by molar-refractivity contribution is -0.191. The van der Waals surface area contributed by atoms with Crippen LogP contribution in [-0.2, 0) is 14.3 Å². The molecule has 2 aromatic rings. The quantitative estimate of drug-likeness (QED) is 0.802. The first kappa shape index (κ1) is 18.9. The first-order valence-electron chi connectivity index (χ1n) is 6.93. The second-order valence-corrected chi connectivity index (χ2v) is 4.67. The summed E-state index contributed by atoms with van der Waals surface area (Å²) in [6, 6.07) is 11.1. The zero-order valence-electron chi connectivity index (χ0n) is 13.9. The fourth-order valence-electron chi connectivity index (χ4n) is 2.23. The average Bonchev–Trinajstić information content (AvgIpc) is 2.61. The Balaban J connectivity index is 0.000000891. The number of hydrogen-bond donors (Lipinski definition) is 0. The summed E-state index contributed by atoms with van der Waals surface area (Å²) in [5.74, 6) is 1.01. The normalized spacial score (nSPS) is 9.17. The Kier molecular flexibility index (Phi) is 7.20. The molecule has 0 bridgehead atoms. The monoisotopic (exact) mass is 330 g/mol. The third kappa shape index (κ3) is 4.44. The standard InChI is InChI=1S/C17H18O4.CO2/c1-11-9-12(19-2)5-7-14(11)15-8-6-13(20-3)10-16(15)17(18)21-4;2-1-3/h5-10H,1-4H3;. The maximum atomic E-state index is 12.0. The minimum atomic E-state index is -0.390. The molecule has 0 N–H and O–H groups in total. The number of ether oxygens (including phenoxy) is 3. The van der Waals surface area contributed by atoms with Crippen LogP contribution >= 0.6 is 0 Å². The number of hydrogen-bond acceptors (Lipinski definition) is 6. The van der Waals surface area contributed by atoms with Gasteiger partial charge in [0.15, 0.2) is 0 Å². The molecule has 2 aromatic carbocycles. The van der Waals surface area contributed by atoms with Crippen molar-refractivity contribution in [3.05, 3.63) is 47.5 Å². The molecule has 0 aliphatic heterocycles. The highest BCUT2D eigenvalue weighted by molar-refractivity contribution is 5.98. The zero-order valence-corrected chi connectivity index (χ0v) is 13.9. The summed E-state index contributed by atoms with van der Waals surface area (Å²) in [7, 11) is 4.56. The van der Waals surface area contributed by atoms with Gasteiger partial charge >= 0.3 is 12.1 Å². The SMILES string of the molecule is COC(=O)c1cc(OC)ccc1-c1ccc(OC)cc1C.O=C=O. The van der Waals surface area contributed by atoms with Gasteiger partial charge in [-0.15, -0.1) is 0 Å². The summed E-state index contributed by atoms with van der Waals surface area (Å²) in [5.41, 5.74) is 3.26. The molecule has 0 saturated heterocycles. The van der Waals surface area contributed by atoms with Gasteiger partial charge in [0.1, 0.15) is 11.5 Å².